The van der Waals surface area contributed by atoms with Crippen LogP contribution in [0.2, 0.25) is 0 Å². The van der Waals surface area contributed by atoms with E-state index in [1.54, 1.807) is 12.4 Å². The largest absolute Gasteiger partial charge is 0.361 e. The average Bonchev–Trinajstić information content (AvgIpc) is 3.26. The van der Waals surface area contributed by atoms with Crippen molar-refractivity contribution in [3.8, 4) is 11.4 Å². The maximum atomic E-state index is 12.4. The van der Waals surface area contributed by atoms with Crippen LogP contribution in [0, 0.1) is 0 Å². The SMILES string of the molecule is O=C(Nc1cccc(-c2ncc[nH]2)c1)c1ccc2cc[nH]c2c1. The van der Waals surface area contributed by atoms with Gasteiger partial charge in [0.1, 0.15) is 5.82 Å². The van der Waals surface area contributed by atoms with Crippen molar-refractivity contribution in [2.75, 3.05) is 5.32 Å². The first-order valence-electron chi connectivity index (χ1n) is 7.28. The van der Waals surface area contributed by atoms with Crippen molar-refractivity contribution in [1.82, 2.24) is 15.0 Å². The van der Waals surface area contributed by atoms with Crippen LogP contribution >= 0.6 is 0 Å². The van der Waals surface area contributed by atoms with E-state index in [2.05, 4.69) is 20.3 Å². The second-order valence-corrected chi connectivity index (χ2v) is 5.25. The van der Waals surface area contributed by atoms with E-state index in [9.17, 15) is 4.79 Å². The molecule has 3 N–H and O–H groups in total. The lowest BCUT2D eigenvalue weighted by Crippen LogP contribution is -2.11. The van der Waals surface area contributed by atoms with Crippen molar-refractivity contribution < 1.29 is 4.79 Å². The molecule has 0 saturated heterocycles. The molecule has 0 unspecified atom stereocenters. The quantitative estimate of drug-likeness (QED) is 0.538. The Morgan fingerprint density at radius 1 is 1.00 bits per heavy atom. The molecule has 0 saturated carbocycles. The van der Waals surface area contributed by atoms with Gasteiger partial charge < -0.3 is 15.3 Å². The number of anilines is 1. The summed E-state index contributed by atoms with van der Waals surface area (Å²) in [4.78, 5) is 22.8. The molecule has 0 atom stereocenters. The Morgan fingerprint density at radius 3 is 2.83 bits per heavy atom. The maximum absolute atomic E-state index is 12.4. The minimum atomic E-state index is -0.141. The predicted molar refractivity (Wildman–Crippen MR) is 90.3 cm³/mol. The van der Waals surface area contributed by atoms with Crippen molar-refractivity contribution in [2.45, 2.75) is 0 Å². The lowest BCUT2D eigenvalue weighted by Gasteiger charge is -2.07. The van der Waals surface area contributed by atoms with Gasteiger partial charge in [0.25, 0.3) is 5.91 Å². The van der Waals surface area contributed by atoms with E-state index in [0.717, 1.165) is 28.0 Å². The molecule has 2 aromatic heterocycles. The van der Waals surface area contributed by atoms with Gasteiger partial charge in [0.15, 0.2) is 0 Å². The van der Waals surface area contributed by atoms with Gasteiger partial charge in [-0.3, -0.25) is 4.79 Å². The summed E-state index contributed by atoms with van der Waals surface area (Å²) in [6.45, 7) is 0. The van der Waals surface area contributed by atoms with Crippen molar-refractivity contribution in [3.05, 3.63) is 72.7 Å². The fourth-order valence-corrected chi connectivity index (χ4v) is 2.56. The van der Waals surface area contributed by atoms with Crippen LogP contribution in [0.3, 0.4) is 0 Å². The summed E-state index contributed by atoms with van der Waals surface area (Å²) in [5, 5.41) is 4.01. The zero-order chi connectivity index (χ0) is 15.6. The van der Waals surface area contributed by atoms with Gasteiger partial charge in [-0.2, -0.15) is 0 Å². The summed E-state index contributed by atoms with van der Waals surface area (Å²) in [6.07, 6.45) is 5.33. The van der Waals surface area contributed by atoms with Gasteiger partial charge in [0.2, 0.25) is 0 Å². The molecule has 5 nitrogen and oxygen atoms in total. The third-order valence-electron chi connectivity index (χ3n) is 3.71. The number of hydrogen-bond donors (Lipinski definition) is 3. The molecule has 4 aromatic rings. The van der Waals surface area contributed by atoms with Gasteiger partial charge in [-0.15, -0.1) is 0 Å². The number of benzene rings is 2. The first-order valence-corrected chi connectivity index (χ1v) is 7.28. The first-order chi connectivity index (χ1) is 11.3. The summed E-state index contributed by atoms with van der Waals surface area (Å²) in [5.74, 6) is 0.631. The summed E-state index contributed by atoms with van der Waals surface area (Å²) in [5.41, 5.74) is 3.22. The Bertz CT molecular complexity index is 970. The Labute approximate surface area is 132 Å². The van der Waals surface area contributed by atoms with Crippen molar-refractivity contribution in [1.29, 1.82) is 0 Å². The number of H-pyrrole nitrogens is 2. The second kappa shape index (κ2) is 5.46. The molecule has 0 aliphatic rings. The predicted octanol–water partition coefficient (Wildman–Crippen LogP) is 3.81. The number of carbonyl (C=O) groups excluding carboxylic acids is 1. The highest BCUT2D eigenvalue weighted by molar-refractivity contribution is 6.06. The van der Waals surface area contributed by atoms with E-state index in [0.29, 0.717) is 5.56 Å². The van der Waals surface area contributed by atoms with Gasteiger partial charge >= 0.3 is 0 Å². The van der Waals surface area contributed by atoms with Gasteiger partial charge in [0, 0.05) is 40.9 Å². The zero-order valence-electron chi connectivity index (χ0n) is 12.2. The van der Waals surface area contributed by atoms with E-state index < -0.39 is 0 Å². The Hall–Kier alpha value is -3.34. The molecule has 0 aliphatic carbocycles. The number of amides is 1. The van der Waals surface area contributed by atoms with Crippen LogP contribution in [0.5, 0.6) is 0 Å². The number of nitrogens with zero attached hydrogens (tertiary/aromatic N) is 1. The van der Waals surface area contributed by atoms with E-state index >= 15 is 0 Å². The van der Waals surface area contributed by atoms with Crippen LogP contribution in [-0.2, 0) is 0 Å². The van der Waals surface area contributed by atoms with Gasteiger partial charge in [-0.1, -0.05) is 18.2 Å². The molecular formula is C18H14N4O. The van der Waals surface area contributed by atoms with Crippen LogP contribution in [0.4, 0.5) is 5.69 Å². The number of fused-ring (bicyclic) bond motifs is 1. The van der Waals surface area contributed by atoms with Crippen LogP contribution in [0.25, 0.3) is 22.3 Å². The Morgan fingerprint density at radius 2 is 1.96 bits per heavy atom. The maximum Gasteiger partial charge on any atom is 0.255 e. The monoisotopic (exact) mass is 302 g/mol. The third kappa shape index (κ3) is 2.60. The fraction of sp³-hybridized carbons (Fsp3) is 0. The standard InChI is InChI=1S/C18H14N4O/c23-18(14-5-4-12-6-7-19-16(12)11-14)22-15-3-1-2-13(10-15)17-20-8-9-21-17/h1-11,19H,(H,20,21)(H,22,23). The highest BCUT2D eigenvalue weighted by Gasteiger charge is 2.08. The van der Waals surface area contributed by atoms with E-state index in [1.165, 1.54) is 0 Å². The van der Waals surface area contributed by atoms with Gasteiger partial charge in [0.05, 0.1) is 0 Å². The summed E-state index contributed by atoms with van der Waals surface area (Å²) in [7, 11) is 0. The highest BCUT2D eigenvalue weighted by atomic mass is 16.1. The van der Waals surface area contributed by atoms with E-state index in [-0.39, 0.29) is 5.91 Å². The second-order valence-electron chi connectivity index (χ2n) is 5.25. The molecule has 0 radical (unpaired) electrons. The third-order valence-corrected chi connectivity index (χ3v) is 3.71. The number of aromatic nitrogens is 3. The molecule has 1 amide bonds. The molecule has 2 heterocycles. The van der Waals surface area contributed by atoms with Crippen molar-refractivity contribution in [2.24, 2.45) is 0 Å². The Kier molecular flexibility index (Phi) is 3.16. The van der Waals surface area contributed by atoms with Crippen LogP contribution in [0.1, 0.15) is 10.4 Å². The summed E-state index contributed by atoms with van der Waals surface area (Å²) >= 11 is 0. The zero-order valence-corrected chi connectivity index (χ0v) is 12.2. The smallest absolute Gasteiger partial charge is 0.255 e. The topological polar surface area (TPSA) is 73.6 Å². The fourth-order valence-electron chi connectivity index (χ4n) is 2.56. The summed E-state index contributed by atoms with van der Waals surface area (Å²) < 4.78 is 0. The number of rotatable bonds is 3. The summed E-state index contributed by atoms with van der Waals surface area (Å²) in [6, 6.07) is 15.2. The highest BCUT2D eigenvalue weighted by Crippen LogP contribution is 2.20. The molecule has 112 valence electrons. The minimum absolute atomic E-state index is 0.141. The number of imidazole rings is 1. The molecule has 23 heavy (non-hydrogen) atoms. The van der Waals surface area contributed by atoms with Crippen molar-refractivity contribution in [3.63, 3.8) is 0 Å². The van der Waals surface area contributed by atoms with Crippen LogP contribution < -0.4 is 5.32 Å². The van der Waals surface area contributed by atoms with Crippen LogP contribution in [0.15, 0.2) is 67.1 Å². The van der Waals surface area contributed by atoms with Gasteiger partial charge in [-0.05, 0) is 35.7 Å². The lowest BCUT2D eigenvalue weighted by atomic mass is 10.1. The normalized spacial score (nSPS) is 10.8. The van der Waals surface area contributed by atoms with Crippen molar-refractivity contribution >= 4 is 22.5 Å². The molecule has 2 aromatic carbocycles. The van der Waals surface area contributed by atoms with Gasteiger partial charge in [-0.25, -0.2) is 4.98 Å². The molecule has 0 fully saturated rings. The number of carbonyl (C=O) groups is 1. The van der Waals surface area contributed by atoms with E-state index in [1.807, 2.05) is 54.7 Å². The van der Waals surface area contributed by atoms with Crippen LogP contribution in [-0.4, -0.2) is 20.9 Å². The molecule has 0 aliphatic heterocycles. The molecular weight excluding hydrogens is 288 g/mol. The van der Waals surface area contributed by atoms with E-state index in [4.69, 9.17) is 0 Å². The number of aromatic amines is 2. The minimum Gasteiger partial charge on any atom is -0.361 e. The molecule has 0 spiro atoms. The average molecular weight is 302 g/mol. The molecule has 4 rings (SSSR count). The molecule has 0 bridgehead atoms. The first kappa shape index (κ1) is 13.3. The number of nitrogens with one attached hydrogen (secondary N) is 3. The number of hydrogen-bond acceptors (Lipinski definition) is 2. The lowest BCUT2D eigenvalue weighted by molar-refractivity contribution is 0.102. The Balaban J connectivity index is 1.59. The molecule has 5 heteroatoms.